The van der Waals surface area contributed by atoms with Gasteiger partial charge in [-0.15, -0.1) is 0 Å². The van der Waals surface area contributed by atoms with Crippen molar-refractivity contribution in [1.29, 1.82) is 0 Å². The summed E-state index contributed by atoms with van der Waals surface area (Å²) in [6.07, 6.45) is 1.20. The maximum absolute atomic E-state index is 10.8. The Morgan fingerprint density at radius 2 is 2.44 bits per heavy atom. The van der Waals surface area contributed by atoms with Gasteiger partial charge in [-0.1, -0.05) is 0 Å². The molecule has 0 atom stereocenters. The highest BCUT2D eigenvalue weighted by atomic mass is 32.1. The van der Waals surface area contributed by atoms with Crippen molar-refractivity contribution in [2.75, 3.05) is 18.0 Å². The summed E-state index contributed by atoms with van der Waals surface area (Å²) < 4.78 is 0. The standard InChI is InChI=1S/C8H10N6O3S/c1-5(15)11-12-7-9-2-3-13(7)8-10-4-6(18-8)14(16)17/h4H,2-3H2,1H3,(H,9,12)(H,11,15). The van der Waals surface area contributed by atoms with E-state index in [1.54, 1.807) is 4.90 Å². The highest BCUT2D eigenvalue weighted by Crippen LogP contribution is 2.28. The van der Waals surface area contributed by atoms with Gasteiger partial charge in [0.25, 0.3) is 0 Å². The number of carbonyl (C=O) groups excluding carboxylic acids is 1. The fourth-order valence-corrected chi connectivity index (χ4v) is 2.11. The van der Waals surface area contributed by atoms with Crippen molar-refractivity contribution in [1.82, 2.24) is 15.8 Å². The summed E-state index contributed by atoms with van der Waals surface area (Å²) in [4.78, 5) is 30.7. The second-order valence-corrected chi connectivity index (χ2v) is 4.39. The van der Waals surface area contributed by atoms with E-state index in [4.69, 9.17) is 0 Å². The van der Waals surface area contributed by atoms with Crippen LogP contribution in [-0.2, 0) is 4.79 Å². The number of nitro groups is 1. The summed E-state index contributed by atoms with van der Waals surface area (Å²) in [6.45, 7) is 2.46. The number of rotatable bonds is 2. The van der Waals surface area contributed by atoms with E-state index >= 15 is 0 Å². The Morgan fingerprint density at radius 1 is 1.67 bits per heavy atom. The van der Waals surface area contributed by atoms with Crippen LogP contribution >= 0.6 is 11.3 Å². The van der Waals surface area contributed by atoms with E-state index in [2.05, 4.69) is 20.8 Å². The Morgan fingerprint density at radius 3 is 3.06 bits per heavy atom. The highest BCUT2D eigenvalue weighted by Gasteiger charge is 2.24. The van der Waals surface area contributed by atoms with Gasteiger partial charge in [-0.25, -0.2) is 9.98 Å². The minimum absolute atomic E-state index is 0.0317. The quantitative estimate of drug-likeness (QED) is 0.571. The third kappa shape index (κ3) is 2.53. The number of thiazole rings is 1. The Labute approximate surface area is 106 Å². The lowest BCUT2D eigenvalue weighted by molar-refractivity contribution is -0.380. The molecule has 0 bridgehead atoms. The smallest absolute Gasteiger partial charge is 0.285 e. The van der Waals surface area contributed by atoms with E-state index in [9.17, 15) is 14.9 Å². The van der Waals surface area contributed by atoms with Crippen molar-refractivity contribution in [2.45, 2.75) is 6.92 Å². The monoisotopic (exact) mass is 270 g/mol. The number of hydrazine groups is 1. The van der Waals surface area contributed by atoms with Gasteiger partial charge >= 0.3 is 5.00 Å². The first kappa shape index (κ1) is 12.2. The second kappa shape index (κ2) is 4.96. The van der Waals surface area contributed by atoms with Crippen LogP contribution in [0.25, 0.3) is 0 Å². The summed E-state index contributed by atoms with van der Waals surface area (Å²) in [5, 5.41) is 11.0. The fourth-order valence-electron chi connectivity index (χ4n) is 1.35. The van der Waals surface area contributed by atoms with Gasteiger partial charge in [0.2, 0.25) is 11.9 Å². The maximum Gasteiger partial charge on any atom is 0.345 e. The SMILES string of the molecule is CC(=O)NNC1=NCCN1c1ncc([N+](=O)[O-])s1. The number of nitrogens with one attached hydrogen (secondary N) is 2. The molecule has 1 aromatic rings. The van der Waals surface area contributed by atoms with Gasteiger partial charge in [0.05, 0.1) is 11.5 Å². The molecule has 2 heterocycles. The topological polar surface area (TPSA) is 113 Å². The van der Waals surface area contributed by atoms with Gasteiger partial charge in [0, 0.05) is 13.5 Å². The number of guanidine groups is 1. The molecule has 0 aliphatic carbocycles. The zero-order valence-electron chi connectivity index (χ0n) is 9.41. The molecule has 0 aromatic carbocycles. The number of amides is 1. The van der Waals surface area contributed by atoms with Crippen molar-refractivity contribution >= 4 is 33.3 Å². The largest absolute Gasteiger partial charge is 0.345 e. The van der Waals surface area contributed by atoms with Crippen LogP contribution in [0.15, 0.2) is 11.2 Å². The average molecular weight is 270 g/mol. The van der Waals surface area contributed by atoms with E-state index in [1.165, 1.54) is 13.1 Å². The first-order valence-electron chi connectivity index (χ1n) is 5.02. The zero-order chi connectivity index (χ0) is 13.1. The van der Waals surface area contributed by atoms with Gasteiger partial charge in [-0.3, -0.25) is 30.7 Å². The summed E-state index contributed by atoms with van der Waals surface area (Å²) in [5.74, 6) is 0.170. The first-order valence-corrected chi connectivity index (χ1v) is 5.84. The van der Waals surface area contributed by atoms with Crippen LogP contribution < -0.4 is 15.8 Å². The van der Waals surface area contributed by atoms with E-state index in [1.807, 2.05) is 0 Å². The van der Waals surface area contributed by atoms with Crippen molar-refractivity contribution in [3.63, 3.8) is 0 Å². The van der Waals surface area contributed by atoms with Crippen LogP contribution in [-0.4, -0.2) is 34.9 Å². The van der Waals surface area contributed by atoms with E-state index < -0.39 is 4.92 Å². The van der Waals surface area contributed by atoms with Crippen LogP contribution in [0.3, 0.4) is 0 Å². The number of aliphatic imine (C=N–C) groups is 1. The van der Waals surface area contributed by atoms with E-state index in [0.717, 1.165) is 11.3 Å². The van der Waals surface area contributed by atoms with Gasteiger partial charge in [0.1, 0.15) is 6.20 Å². The van der Waals surface area contributed by atoms with Crippen molar-refractivity contribution in [3.05, 3.63) is 16.3 Å². The third-order valence-electron chi connectivity index (χ3n) is 2.08. The van der Waals surface area contributed by atoms with Crippen molar-refractivity contribution < 1.29 is 9.72 Å². The molecule has 18 heavy (non-hydrogen) atoms. The molecule has 2 rings (SSSR count). The molecule has 0 spiro atoms. The van der Waals surface area contributed by atoms with Gasteiger partial charge in [0.15, 0.2) is 5.13 Å². The number of carbonyl (C=O) groups is 1. The molecule has 0 fully saturated rings. The Bertz CT molecular complexity index is 513. The molecular formula is C8H10N6O3S. The van der Waals surface area contributed by atoms with Crippen molar-refractivity contribution in [2.24, 2.45) is 4.99 Å². The lowest BCUT2D eigenvalue weighted by atomic mass is 10.6. The average Bonchev–Trinajstić information content (AvgIpc) is 2.94. The Balaban J connectivity index is 2.09. The van der Waals surface area contributed by atoms with Gasteiger partial charge in [-0.05, 0) is 11.3 Å². The fraction of sp³-hybridized carbons (Fsp3) is 0.375. The molecule has 96 valence electrons. The van der Waals surface area contributed by atoms with Crippen molar-refractivity contribution in [3.8, 4) is 0 Å². The normalized spacial score (nSPS) is 14.3. The van der Waals surface area contributed by atoms with Crippen LogP contribution in [0, 0.1) is 10.1 Å². The summed E-state index contributed by atoms with van der Waals surface area (Å²) in [7, 11) is 0. The van der Waals surface area contributed by atoms with Crippen LogP contribution in [0.4, 0.5) is 10.1 Å². The van der Waals surface area contributed by atoms with Crippen LogP contribution in [0.1, 0.15) is 6.92 Å². The molecule has 1 aromatic heterocycles. The summed E-state index contributed by atoms with van der Waals surface area (Å²) in [5.41, 5.74) is 5.04. The predicted octanol–water partition coefficient (Wildman–Crippen LogP) is -0.132. The molecule has 0 saturated carbocycles. The van der Waals surface area contributed by atoms with E-state index in [0.29, 0.717) is 24.2 Å². The Hall–Kier alpha value is -2.23. The molecule has 9 nitrogen and oxygen atoms in total. The number of anilines is 1. The minimum Gasteiger partial charge on any atom is -0.285 e. The molecule has 1 amide bonds. The zero-order valence-corrected chi connectivity index (χ0v) is 10.2. The third-order valence-corrected chi connectivity index (χ3v) is 3.06. The van der Waals surface area contributed by atoms with Gasteiger partial charge in [-0.2, -0.15) is 0 Å². The molecular weight excluding hydrogens is 260 g/mol. The van der Waals surface area contributed by atoms with Crippen LogP contribution in [0.2, 0.25) is 0 Å². The molecule has 2 N–H and O–H groups in total. The molecule has 0 saturated heterocycles. The molecule has 10 heteroatoms. The molecule has 0 unspecified atom stereocenters. The number of aromatic nitrogens is 1. The maximum atomic E-state index is 10.8. The molecule has 1 aliphatic heterocycles. The molecule has 0 radical (unpaired) electrons. The van der Waals surface area contributed by atoms with Crippen LogP contribution in [0.5, 0.6) is 0 Å². The highest BCUT2D eigenvalue weighted by molar-refractivity contribution is 7.18. The summed E-state index contributed by atoms with van der Waals surface area (Å²) >= 11 is 0.958. The predicted molar refractivity (Wildman–Crippen MR) is 65.4 cm³/mol. The van der Waals surface area contributed by atoms with E-state index in [-0.39, 0.29) is 10.9 Å². The second-order valence-electron chi connectivity index (χ2n) is 3.40. The number of nitrogens with zero attached hydrogens (tertiary/aromatic N) is 4. The lowest BCUT2D eigenvalue weighted by Gasteiger charge is -2.17. The lowest BCUT2D eigenvalue weighted by Crippen LogP contribution is -2.47. The number of hydrogen-bond donors (Lipinski definition) is 2. The minimum atomic E-state index is -0.491. The van der Waals surface area contributed by atoms with Gasteiger partial charge < -0.3 is 0 Å². The number of hydrogen-bond acceptors (Lipinski definition) is 8. The molecule has 1 aliphatic rings. The summed E-state index contributed by atoms with van der Waals surface area (Å²) in [6, 6.07) is 0. The first-order chi connectivity index (χ1) is 8.58. The Kier molecular flexibility index (Phi) is 3.37.